The van der Waals surface area contributed by atoms with Crippen molar-refractivity contribution in [2.24, 2.45) is 0 Å². The van der Waals surface area contributed by atoms with Crippen molar-refractivity contribution >= 4 is 24.3 Å². The van der Waals surface area contributed by atoms with Crippen LogP contribution in [-0.2, 0) is 14.3 Å². The van der Waals surface area contributed by atoms with Gasteiger partial charge in [0.2, 0.25) is 0 Å². The summed E-state index contributed by atoms with van der Waals surface area (Å²) in [4.78, 5) is 19.6. The summed E-state index contributed by atoms with van der Waals surface area (Å²) in [5.41, 5.74) is 0. The highest BCUT2D eigenvalue weighted by molar-refractivity contribution is 5.85. The van der Waals surface area contributed by atoms with Crippen LogP contribution in [0, 0.1) is 0 Å². The molecule has 8 heavy (non-hydrogen) atoms. The van der Waals surface area contributed by atoms with E-state index in [0.717, 1.165) is 0 Å². The summed E-state index contributed by atoms with van der Waals surface area (Å²) in [6.45, 7) is 2.36. The van der Waals surface area contributed by atoms with Crippen LogP contribution in [-0.4, -0.2) is 11.9 Å². The van der Waals surface area contributed by atoms with E-state index in [1.54, 1.807) is 0 Å². The third kappa shape index (κ3) is 9.06. The molecule has 0 atom stereocenters. The van der Waals surface area contributed by atoms with Crippen LogP contribution in [0.15, 0.2) is 0 Å². The highest BCUT2D eigenvalue weighted by atomic mass is 35.5. The zero-order valence-corrected chi connectivity index (χ0v) is 5.45. The van der Waals surface area contributed by atoms with Gasteiger partial charge in [-0.2, -0.15) is 0 Å². The number of hydrogen-bond acceptors (Lipinski definition) is 3. The van der Waals surface area contributed by atoms with E-state index in [0.29, 0.717) is 0 Å². The van der Waals surface area contributed by atoms with Gasteiger partial charge in [-0.05, 0) is 0 Å². The second-order valence-electron chi connectivity index (χ2n) is 1.09. The molecule has 0 heterocycles. The van der Waals surface area contributed by atoms with Crippen molar-refractivity contribution in [3.8, 4) is 0 Å². The average Bonchev–Trinajstić information content (AvgIpc) is 1.27. The van der Waals surface area contributed by atoms with Crippen LogP contribution in [0.2, 0.25) is 0 Å². The molecule has 0 aromatic heterocycles. The van der Waals surface area contributed by atoms with E-state index in [4.69, 9.17) is 0 Å². The van der Waals surface area contributed by atoms with Crippen LogP contribution >= 0.6 is 12.4 Å². The molecule has 0 saturated carbocycles. The van der Waals surface area contributed by atoms with Gasteiger partial charge in [0.15, 0.2) is 0 Å². The van der Waals surface area contributed by atoms with Crippen LogP contribution in [0.3, 0.4) is 0 Å². The van der Waals surface area contributed by atoms with Crippen LogP contribution in [0.1, 0.15) is 13.8 Å². The topological polar surface area (TPSA) is 43.4 Å². The lowest BCUT2D eigenvalue weighted by atomic mass is 10.7. The first-order valence-corrected chi connectivity index (χ1v) is 1.82. The fraction of sp³-hybridized carbons (Fsp3) is 0.500. The molecule has 0 aromatic rings. The van der Waals surface area contributed by atoms with E-state index in [1.165, 1.54) is 13.8 Å². The second kappa shape index (κ2) is 4.59. The number of halogens is 1. The summed E-state index contributed by atoms with van der Waals surface area (Å²) >= 11 is 0. The standard InChI is InChI=1S/C4H6O3.ClH/c1-3(5)7-4(2)6;/h1-2H3;1H. The van der Waals surface area contributed by atoms with Gasteiger partial charge in [0.05, 0.1) is 0 Å². The average molecular weight is 139 g/mol. The fourth-order valence-corrected chi connectivity index (χ4v) is 0.202. The maximum atomic E-state index is 9.81. The largest absolute Gasteiger partial charge is 0.394 e. The van der Waals surface area contributed by atoms with Crippen LogP contribution in [0.5, 0.6) is 0 Å². The molecule has 0 bridgehead atoms. The van der Waals surface area contributed by atoms with E-state index in [2.05, 4.69) is 4.74 Å². The molecule has 3 nitrogen and oxygen atoms in total. The molecule has 0 unspecified atom stereocenters. The van der Waals surface area contributed by atoms with E-state index in [9.17, 15) is 9.59 Å². The minimum atomic E-state index is -0.562. The lowest BCUT2D eigenvalue weighted by Gasteiger charge is -1.87. The molecule has 0 radical (unpaired) electrons. The van der Waals surface area contributed by atoms with E-state index < -0.39 is 11.9 Å². The maximum absolute atomic E-state index is 9.81. The first-order valence-electron chi connectivity index (χ1n) is 1.82. The Bertz CT molecular complexity index is 87.5. The molecule has 48 valence electrons. The van der Waals surface area contributed by atoms with E-state index in [1.807, 2.05) is 0 Å². The Labute approximate surface area is 53.4 Å². The van der Waals surface area contributed by atoms with Crippen molar-refractivity contribution in [2.45, 2.75) is 13.8 Å². The number of esters is 2. The quantitative estimate of drug-likeness (QED) is 0.362. The monoisotopic (exact) mass is 138 g/mol. The first kappa shape index (κ1) is 10.4. The summed E-state index contributed by atoms with van der Waals surface area (Å²) in [5.74, 6) is -1.12. The summed E-state index contributed by atoms with van der Waals surface area (Å²) < 4.78 is 3.97. The Balaban J connectivity index is 0. The fourth-order valence-electron chi connectivity index (χ4n) is 0.202. The minimum absolute atomic E-state index is 0. The maximum Gasteiger partial charge on any atom is 0.310 e. The lowest BCUT2D eigenvalue weighted by molar-refractivity contribution is -0.156. The third-order valence-electron chi connectivity index (χ3n) is 0.287. The zero-order valence-electron chi connectivity index (χ0n) is 4.63. The van der Waals surface area contributed by atoms with Crippen molar-refractivity contribution < 1.29 is 14.3 Å². The Hall–Kier alpha value is -0.570. The van der Waals surface area contributed by atoms with Gasteiger partial charge < -0.3 is 4.74 Å². The Kier molecular flexibility index (Phi) is 5.97. The Morgan fingerprint density at radius 3 is 1.38 bits per heavy atom. The number of carbonyl (C=O) groups is 2. The number of rotatable bonds is 0. The summed E-state index contributed by atoms with van der Waals surface area (Å²) in [6.07, 6.45) is 0. The van der Waals surface area contributed by atoms with Crippen molar-refractivity contribution in [1.29, 1.82) is 0 Å². The number of carbonyl (C=O) groups excluding carboxylic acids is 2. The molecular formula is C4H7ClO3. The van der Waals surface area contributed by atoms with Crippen LogP contribution in [0.25, 0.3) is 0 Å². The van der Waals surface area contributed by atoms with E-state index >= 15 is 0 Å². The second-order valence-corrected chi connectivity index (χ2v) is 1.09. The molecule has 0 fully saturated rings. The molecule has 0 N–H and O–H groups in total. The summed E-state index contributed by atoms with van der Waals surface area (Å²) in [5, 5.41) is 0. The first-order chi connectivity index (χ1) is 3.13. The SMILES string of the molecule is CC(=O)OC(C)=O.Cl. The predicted molar refractivity (Wildman–Crippen MR) is 29.7 cm³/mol. The van der Waals surface area contributed by atoms with Crippen molar-refractivity contribution in [2.75, 3.05) is 0 Å². The lowest BCUT2D eigenvalue weighted by Crippen LogP contribution is -2.03. The summed E-state index contributed by atoms with van der Waals surface area (Å²) in [7, 11) is 0. The molecule has 0 amide bonds. The minimum Gasteiger partial charge on any atom is -0.394 e. The molecule has 0 rings (SSSR count). The Morgan fingerprint density at radius 2 is 1.38 bits per heavy atom. The molecular weight excluding hydrogens is 131 g/mol. The molecule has 0 aliphatic carbocycles. The zero-order chi connectivity index (χ0) is 5.86. The van der Waals surface area contributed by atoms with Gasteiger partial charge in [0, 0.05) is 13.8 Å². The molecule has 0 aromatic carbocycles. The molecule has 0 aliphatic rings. The molecule has 0 saturated heterocycles. The van der Waals surface area contributed by atoms with Gasteiger partial charge in [-0.3, -0.25) is 9.59 Å². The number of hydrogen-bond donors (Lipinski definition) is 0. The predicted octanol–water partition coefficient (Wildman–Crippen LogP) is 0.518. The van der Waals surface area contributed by atoms with Crippen LogP contribution < -0.4 is 0 Å². The molecule has 4 heteroatoms. The summed E-state index contributed by atoms with van der Waals surface area (Å²) in [6, 6.07) is 0. The third-order valence-corrected chi connectivity index (χ3v) is 0.287. The van der Waals surface area contributed by atoms with Gasteiger partial charge in [-0.15, -0.1) is 12.4 Å². The van der Waals surface area contributed by atoms with Crippen molar-refractivity contribution in [3.63, 3.8) is 0 Å². The van der Waals surface area contributed by atoms with Gasteiger partial charge in [-0.1, -0.05) is 0 Å². The van der Waals surface area contributed by atoms with E-state index in [-0.39, 0.29) is 12.4 Å². The molecule has 0 spiro atoms. The number of ether oxygens (including phenoxy) is 1. The van der Waals surface area contributed by atoms with Crippen molar-refractivity contribution in [3.05, 3.63) is 0 Å². The highest BCUT2D eigenvalue weighted by Gasteiger charge is 1.93. The molecule has 0 aliphatic heterocycles. The van der Waals surface area contributed by atoms with Crippen molar-refractivity contribution in [1.82, 2.24) is 0 Å². The van der Waals surface area contributed by atoms with Gasteiger partial charge in [0.25, 0.3) is 0 Å². The van der Waals surface area contributed by atoms with Gasteiger partial charge in [0.1, 0.15) is 0 Å². The normalized spacial score (nSPS) is 6.75. The van der Waals surface area contributed by atoms with Crippen LogP contribution in [0.4, 0.5) is 0 Å². The smallest absolute Gasteiger partial charge is 0.310 e. The van der Waals surface area contributed by atoms with Gasteiger partial charge >= 0.3 is 11.9 Å². The van der Waals surface area contributed by atoms with Gasteiger partial charge in [-0.25, -0.2) is 0 Å². The Morgan fingerprint density at radius 1 is 1.12 bits per heavy atom. The highest BCUT2D eigenvalue weighted by Crippen LogP contribution is 1.73.